The maximum Gasteiger partial charge on any atom is 0.0620 e. The van der Waals surface area contributed by atoms with Crippen LogP contribution in [0, 0.1) is 0 Å². The van der Waals surface area contributed by atoms with Crippen molar-refractivity contribution in [2.45, 2.75) is 19.0 Å². The fourth-order valence-electron chi connectivity index (χ4n) is 1.64. The number of rotatable bonds is 3. The van der Waals surface area contributed by atoms with E-state index in [0.717, 1.165) is 25.2 Å². The topological polar surface area (TPSA) is 21.3 Å². The highest BCUT2D eigenvalue weighted by atomic mass is 35.5. The zero-order valence-corrected chi connectivity index (χ0v) is 9.81. The van der Waals surface area contributed by atoms with E-state index in [1.807, 2.05) is 18.2 Å². The van der Waals surface area contributed by atoms with Gasteiger partial charge in [0.05, 0.1) is 6.61 Å². The van der Waals surface area contributed by atoms with E-state index in [0.29, 0.717) is 22.6 Å². The third-order valence-corrected chi connectivity index (χ3v) is 3.27. The van der Waals surface area contributed by atoms with Crippen molar-refractivity contribution in [3.8, 4) is 0 Å². The minimum absolute atomic E-state index is 0.428. The van der Waals surface area contributed by atoms with Crippen molar-refractivity contribution in [2.24, 2.45) is 0 Å². The maximum absolute atomic E-state index is 6.06. The van der Waals surface area contributed by atoms with Crippen LogP contribution in [0.1, 0.15) is 12.0 Å². The monoisotopic (exact) mass is 245 g/mol. The van der Waals surface area contributed by atoms with Gasteiger partial charge in [0, 0.05) is 34.8 Å². The second kappa shape index (κ2) is 5.17. The van der Waals surface area contributed by atoms with Gasteiger partial charge in [0.25, 0.3) is 0 Å². The minimum atomic E-state index is 0.428. The Morgan fingerprint density at radius 2 is 2.07 bits per heavy atom. The summed E-state index contributed by atoms with van der Waals surface area (Å²) in [5, 5.41) is 4.82. The van der Waals surface area contributed by atoms with E-state index in [-0.39, 0.29) is 0 Å². The van der Waals surface area contributed by atoms with E-state index < -0.39 is 0 Å². The molecular formula is C11H13Cl2NO. The molecular weight excluding hydrogens is 233 g/mol. The molecule has 0 saturated carbocycles. The first-order valence-corrected chi connectivity index (χ1v) is 5.77. The highest BCUT2D eigenvalue weighted by molar-refractivity contribution is 6.35. The lowest BCUT2D eigenvalue weighted by molar-refractivity contribution is 0.190. The Morgan fingerprint density at radius 3 is 2.67 bits per heavy atom. The molecule has 0 amide bonds. The van der Waals surface area contributed by atoms with Gasteiger partial charge in [-0.2, -0.15) is 0 Å². The van der Waals surface area contributed by atoms with Gasteiger partial charge in [-0.25, -0.2) is 0 Å². The summed E-state index contributed by atoms with van der Waals surface area (Å²) in [5.74, 6) is 0. The lowest BCUT2D eigenvalue weighted by atomic mass is 10.2. The summed E-state index contributed by atoms with van der Waals surface area (Å²) in [6, 6.07) is 6.00. The predicted molar refractivity (Wildman–Crippen MR) is 62.5 cm³/mol. The van der Waals surface area contributed by atoms with Crippen molar-refractivity contribution in [3.63, 3.8) is 0 Å². The molecule has 1 aromatic rings. The first-order valence-electron chi connectivity index (χ1n) is 5.01. The first kappa shape index (κ1) is 11.2. The van der Waals surface area contributed by atoms with Crippen LogP contribution in [-0.2, 0) is 11.3 Å². The smallest absolute Gasteiger partial charge is 0.0620 e. The molecule has 1 N–H and O–H groups in total. The molecule has 1 heterocycles. The fraction of sp³-hybridized carbons (Fsp3) is 0.455. The summed E-state index contributed by atoms with van der Waals surface area (Å²) < 4.78 is 5.28. The SMILES string of the molecule is Clc1cccc(Cl)c1CNC1CCOC1. The standard InChI is InChI=1S/C11H13Cl2NO/c12-10-2-1-3-11(13)9(10)6-14-8-4-5-15-7-8/h1-3,8,14H,4-7H2. The van der Waals surface area contributed by atoms with E-state index in [2.05, 4.69) is 5.32 Å². The summed E-state index contributed by atoms with van der Waals surface area (Å²) >= 11 is 12.1. The molecule has 15 heavy (non-hydrogen) atoms. The minimum Gasteiger partial charge on any atom is -0.380 e. The normalized spacial score (nSPS) is 20.8. The van der Waals surface area contributed by atoms with Gasteiger partial charge in [0.1, 0.15) is 0 Å². The van der Waals surface area contributed by atoms with Gasteiger partial charge in [-0.05, 0) is 18.6 Å². The molecule has 1 unspecified atom stereocenters. The molecule has 0 aliphatic carbocycles. The second-order valence-corrected chi connectivity index (χ2v) is 4.46. The van der Waals surface area contributed by atoms with Crippen molar-refractivity contribution in [2.75, 3.05) is 13.2 Å². The number of nitrogens with one attached hydrogen (secondary N) is 1. The van der Waals surface area contributed by atoms with Crippen LogP contribution in [0.25, 0.3) is 0 Å². The molecule has 4 heteroatoms. The fourth-order valence-corrected chi connectivity index (χ4v) is 2.17. The summed E-state index contributed by atoms with van der Waals surface area (Å²) in [7, 11) is 0. The zero-order chi connectivity index (χ0) is 10.7. The number of benzene rings is 1. The largest absolute Gasteiger partial charge is 0.380 e. The Morgan fingerprint density at radius 1 is 1.33 bits per heavy atom. The Hall–Kier alpha value is -0.280. The molecule has 0 aromatic heterocycles. The van der Waals surface area contributed by atoms with E-state index >= 15 is 0 Å². The van der Waals surface area contributed by atoms with Gasteiger partial charge in [0.15, 0.2) is 0 Å². The Labute approximate surface area is 99.5 Å². The molecule has 0 radical (unpaired) electrons. The number of halogens is 2. The Bertz CT molecular complexity index is 317. The molecule has 0 spiro atoms. The van der Waals surface area contributed by atoms with Crippen LogP contribution in [-0.4, -0.2) is 19.3 Å². The highest BCUT2D eigenvalue weighted by Gasteiger charge is 2.15. The van der Waals surface area contributed by atoms with Crippen LogP contribution in [0.15, 0.2) is 18.2 Å². The summed E-state index contributed by atoms with van der Waals surface area (Å²) in [5.41, 5.74) is 0.965. The Balaban J connectivity index is 1.97. The third kappa shape index (κ3) is 2.85. The average molecular weight is 246 g/mol. The zero-order valence-electron chi connectivity index (χ0n) is 8.30. The van der Waals surface area contributed by atoms with Crippen molar-refractivity contribution < 1.29 is 4.74 Å². The quantitative estimate of drug-likeness (QED) is 0.885. The number of ether oxygens (including phenoxy) is 1. The van der Waals surface area contributed by atoms with Crippen molar-refractivity contribution >= 4 is 23.2 Å². The van der Waals surface area contributed by atoms with Gasteiger partial charge in [-0.1, -0.05) is 29.3 Å². The molecule has 1 fully saturated rings. The van der Waals surface area contributed by atoms with Gasteiger partial charge in [0.2, 0.25) is 0 Å². The molecule has 1 aromatic carbocycles. The Kier molecular flexibility index (Phi) is 3.87. The molecule has 0 bridgehead atoms. The van der Waals surface area contributed by atoms with Gasteiger partial charge in [-0.3, -0.25) is 0 Å². The summed E-state index contributed by atoms with van der Waals surface area (Å²) in [6.45, 7) is 2.32. The van der Waals surface area contributed by atoms with Gasteiger partial charge >= 0.3 is 0 Å². The van der Waals surface area contributed by atoms with E-state index in [1.54, 1.807) is 0 Å². The molecule has 82 valence electrons. The van der Waals surface area contributed by atoms with Crippen LogP contribution in [0.2, 0.25) is 10.0 Å². The summed E-state index contributed by atoms with van der Waals surface area (Å²) in [4.78, 5) is 0. The summed E-state index contributed by atoms with van der Waals surface area (Å²) in [6.07, 6.45) is 1.06. The molecule has 1 aliphatic rings. The first-order chi connectivity index (χ1) is 7.27. The van der Waals surface area contributed by atoms with Gasteiger partial charge in [-0.15, -0.1) is 0 Å². The number of hydrogen-bond acceptors (Lipinski definition) is 2. The average Bonchev–Trinajstić information content (AvgIpc) is 2.70. The molecule has 1 atom stereocenters. The molecule has 1 saturated heterocycles. The lowest BCUT2D eigenvalue weighted by Gasteiger charge is -2.12. The van der Waals surface area contributed by atoms with Crippen LogP contribution in [0.5, 0.6) is 0 Å². The van der Waals surface area contributed by atoms with Gasteiger partial charge < -0.3 is 10.1 Å². The molecule has 1 aliphatic heterocycles. The van der Waals surface area contributed by atoms with Crippen LogP contribution < -0.4 is 5.32 Å². The van der Waals surface area contributed by atoms with Crippen molar-refractivity contribution in [1.29, 1.82) is 0 Å². The maximum atomic E-state index is 6.06. The highest BCUT2D eigenvalue weighted by Crippen LogP contribution is 2.24. The van der Waals surface area contributed by atoms with Crippen molar-refractivity contribution in [3.05, 3.63) is 33.8 Å². The van der Waals surface area contributed by atoms with E-state index in [1.165, 1.54) is 0 Å². The van der Waals surface area contributed by atoms with Crippen LogP contribution in [0.3, 0.4) is 0 Å². The number of hydrogen-bond donors (Lipinski definition) is 1. The predicted octanol–water partition coefficient (Wildman–Crippen LogP) is 2.87. The van der Waals surface area contributed by atoms with E-state index in [4.69, 9.17) is 27.9 Å². The lowest BCUT2D eigenvalue weighted by Crippen LogP contribution is -2.28. The van der Waals surface area contributed by atoms with Crippen LogP contribution in [0.4, 0.5) is 0 Å². The molecule has 2 rings (SSSR count). The second-order valence-electron chi connectivity index (χ2n) is 3.64. The van der Waals surface area contributed by atoms with E-state index in [9.17, 15) is 0 Å². The van der Waals surface area contributed by atoms with Crippen molar-refractivity contribution in [1.82, 2.24) is 5.32 Å². The third-order valence-electron chi connectivity index (χ3n) is 2.56. The molecule has 2 nitrogen and oxygen atoms in total. The van der Waals surface area contributed by atoms with Crippen LogP contribution >= 0.6 is 23.2 Å².